The van der Waals surface area contributed by atoms with Crippen molar-refractivity contribution in [2.24, 2.45) is 0 Å². The van der Waals surface area contributed by atoms with E-state index in [1.54, 1.807) is 30.9 Å². The zero-order valence-corrected chi connectivity index (χ0v) is 23.7. The van der Waals surface area contributed by atoms with Crippen molar-refractivity contribution < 1.29 is 19.8 Å². The van der Waals surface area contributed by atoms with Crippen LogP contribution in [0.15, 0.2) is 134 Å². The molecule has 216 valence electrons. The molecule has 0 saturated heterocycles. The van der Waals surface area contributed by atoms with Crippen LogP contribution in [0.4, 0.5) is 0 Å². The van der Waals surface area contributed by atoms with Gasteiger partial charge in [0.25, 0.3) is 5.91 Å². The second-order valence-electron chi connectivity index (χ2n) is 10.6. The van der Waals surface area contributed by atoms with E-state index in [-0.39, 0.29) is 24.3 Å². The van der Waals surface area contributed by atoms with Crippen LogP contribution in [-0.2, 0) is 17.8 Å². The molecule has 2 heterocycles. The molecule has 0 aliphatic rings. The van der Waals surface area contributed by atoms with Gasteiger partial charge in [0, 0.05) is 37.8 Å². The lowest BCUT2D eigenvalue weighted by atomic mass is 9.98. The van der Waals surface area contributed by atoms with Crippen molar-refractivity contribution >= 4 is 22.6 Å². The standard InChI is InChI=1S/C37H29N3O4/c41-35-21-30-6-2-1-5-29(30)20-33(35)36(42)40(24-26-11-15-28(16-12-26)32-8-4-18-39-23-32)34(37(43)44)19-25-9-13-27(14-10-25)31-7-3-17-38-22-31/h1-18,20-23,34,41H,19,24H2,(H,43,44)/t34-/m0/s1. The van der Waals surface area contributed by atoms with Crippen molar-refractivity contribution in [1.29, 1.82) is 0 Å². The molecule has 6 rings (SSSR count). The molecule has 0 spiro atoms. The third-order valence-electron chi connectivity index (χ3n) is 7.70. The van der Waals surface area contributed by atoms with Gasteiger partial charge in [0.15, 0.2) is 0 Å². The van der Waals surface area contributed by atoms with E-state index < -0.39 is 17.9 Å². The molecule has 0 bridgehead atoms. The van der Waals surface area contributed by atoms with E-state index in [4.69, 9.17) is 0 Å². The van der Waals surface area contributed by atoms with Gasteiger partial charge in [-0.05, 0) is 68.4 Å². The highest BCUT2D eigenvalue weighted by Crippen LogP contribution is 2.29. The van der Waals surface area contributed by atoms with E-state index >= 15 is 0 Å². The number of carbonyl (C=O) groups excluding carboxylic acids is 1. The smallest absolute Gasteiger partial charge is 0.326 e. The maximum Gasteiger partial charge on any atom is 0.326 e. The Labute approximate surface area is 254 Å². The highest BCUT2D eigenvalue weighted by molar-refractivity contribution is 6.02. The molecule has 1 atom stereocenters. The van der Waals surface area contributed by atoms with Crippen LogP contribution < -0.4 is 0 Å². The van der Waals surface area contributed by atoms with Crippen LogP contribution in [0.3, 0.4) is 0 Å². The predicted octanol–water partition coefficient (Wildman–Crippen LogP) is 7.01. The first kappa shape index (κ1) is 28.3. The highest BCUT2D eigenvalue weighted by Gasteiger charge is 2.32. The lowest BCUT2D eigenvalue weighted by Gasteiger charge is -2.30. The number of fused-ring (bicyclic) bond motifs is 1. The highest BCUT2D eigenvalue weighted by atomic mass is 16.4. The summed E-state index contributed by atoms with van der Waals surface area (Å²) in [4.78, 5) is 36.7. The molecule has 0 radical (unpaired) electrons. The zero-order chi connectivity index (χ0) is 30.5. The number of phenolic OH excluding ortho intramolecular Hbond substituents is 1. The van der Waals surface area contributed by atoms with Gasteiger partial charge < -0.3 is 15.1 Å². The Kier molecular flexibility index (Phi) is 8.10. The summed E-state index contributed by atoms with van der Waals surface area (Å²) in [7, 11) is 0. The van der Waals surface area contributed by atoms with Crippen molar-refractivity contribution in [3.63, 3.8) is 0 Å². The first-order valence-electron chi connectivity index (χ1n) is 14.2. The summed E-state index contributed by atoms with van der Waals surface area (Å²) < 4.78 is 0. The number of hydrogen-bond acceptors (Lipinski definition) is 5. The molecular weight excluding hydrogens is 550 g/mol. The van der Waals surface area contributed by atoms with Crippen molar-refractivity contribution in [2.75, 3.05) is 0 Å². The third-order valence-corrected chi connectivity index (χ3v) is 7.70. The van der Waals surface area contributed by atoms with Crippen LogP contribution in [0.2, 0.25) is 0 Å². The summed E-state index contributed by atoms with van der Waals surface area (Å²) in [5.74, 6) is -1.90. The predicted molar refractivity (Wildman–Crippen MR) is 170 cm³/mol. The molecule has 0 saturated carbocycles. The number of aromatic hydroxyl groups is 1. The molecule has 2 aromatic heterocycles. The molecule has 44 heavy (non-hydrogen) atoms. The van der Waals surface area contributed by atoms with Gasteiger partial charge >= 0.3 is 5.97 Å². The first-order valence-corrected chi connectivity index (χ1v) is 14.2. The molecular formula is C37H29N3O4. The maximum atomic E-state index is 14.2. The Balaban J connectivity index is 1.35. The summed E-state index contributed by atoms with van der Waals surface area (Å²) in [6.45, 7) is 0.0309. The molecule has 0 fully saturated rings. The van der Waals surface area contributed by atoms with Gasteiger partial charge in [0.05, 0.1) is 5.56 Å². The number of nitrogens with zero attached hydrogens (tertiary/aromatic N) is 3. The molecule has 1 amide bonds. The van der Waals surface area contributed by atoms with Crippen molar-refractivity contribution in [3.05, 3.63) is 151 Å². The largest absolute Gasteiger partial charge is 0.507 e. The minimum atomic E-state index is -1.20. The maximum absolute atomic E-state index is 14.2. The van der Waals surface area contributed by atoms with Crippen LogP contribution >= 0.6 is 0 Å². The summed E-state index contributed by atoms with van der Waals surface area (Å²) in [6.07, 6.45) is 7.04. The number of amides is 1. The van der Waals surface area contributed by atoms with Gasteiger partial charge in [0.1, 0.15) is 11.8 Å². The van der Waals surface area contributed by atoms with Crippen LogP contribution in [0.1, 0.15) is 21.5 Å². The summed E-state index contributed by atoms with van der Waals surface area (Å²) in [6, 6.07) is 32.2. The van der Waals surface area contributed by atoms with Gasteiger partial charge in [-0.15, -0.1) is 0 Å². The average Bonchev–Trinajstić information content (AvgIpc) is 3.07. The monoisotopic (exact) mass is 579 g/mol. The molecule has 0 aliphatic heterocycles. The van der Waals surface area contributed by atoms with Crippen molar-refractivity contribution in [3.8, 4) is 28.0 Å². The van der Waals surface area contributed by atoms with E-state index in [9.17, 15) is 19.8 Å². The zero-order valence-electron chi connectivity index (χ0n) is 23.7. The minimum absolute atomic E-state index is 0.0309. The fourth-order valence-corrected chi connectivity index (χ4v) is 5.33. The van der Waals surface area contributed by atoms with Gasteiger partial charge in [-0.25, -0.2) is 4.79 Å². The lowest BCUT2D eigenvalue weighted by Crippen LogP contribution is -2.46. The number of carboxylic acid groups (broad SMARTS) is 1. The average molecular weight is 580 g/mol. The number of hydrogen-bond donors (Lipinski definition) is 2. The summed E-state index contributed by atoms with van der Waals surface area (Å²) >= 11 is 0. The van der Waals surface area contributed by atoms with E-state index in [0.717, 1.165) is 44.2 Å². The van der Waals surface area contributed by atoms with Crippen molar-refractivity contribution in [2.45, 2.75) is 19.0 Å². The number of rotatable bonds is 9. The number of carbonyl (C=O) groups is 2. The number of phenols is 1. The summed E-state index contributed by atoms with van der Waals surface area (Å²) in [5, 5.41) is 22.9. The van der Waals surface area contributed by atoms with Crippen LogP contribution in [0, 0.1) is 0 Å². The van der Waals surface area contributed by atoms with Crippen LogP contribution in [0.25, 0.3) is 33.0 Å². The van der Waals surface area contributed by atoms with E-state index in [0.29, 0.717) is 0 Å². The van der Waals surface area contributed by atoms with Gasteiger partial charge in [0.2, 0.25) is 0 Å². The third kappa shape index (κ3) is 6.17. The molecule has 6 aromatic rings. The van der Waals surface area contributed by atoms with Gasteiger partial charge in [-0.1, -0.05) is 84.9 Å². The number of carboxylic acids is 1. The van der Waals surface area contributed by atoms with Gasteiger partial charge in [-0.2, -0.15) is 0 Å². The molecule has 0 aliphatic carbocycles. The lowest BCUT2D eigenvalue weighted by molar-refractivity contribution is -0.142. The topological polar surface area (TPSA) is 104 Å². The van der Waals surface area contributed by atoms with Crippen LogP contribution in [-0.4, -0.2) is 43.0 Å². The number of aliphatic carboxylic acids is 1. The number of pyridine rings is 2. The Hall–Kier alpha value is -5.82. The van der Waals surface area contributed by atoms with E-state index in [2.05, 4.69) is 9.97 Å². The van der Waals surface area contributed by atoms with E-state index in [1.807, 2.05) is 97.1 Å². The SMILES string of the molecule is O=C(O)[C@H](Cc1ccc(-c2cccnc2)cc1)N(Cc1ccc(-c2cccnc2)cc1)C(=O)c1cc2ccccc2cc1O. The van der Waals surface area contributed by atoms with Gasteiger partial charge in [-0.3, -0.25) is 14.8 Å². The Morgan fingerprint density at radius 3 is 1.73 bits per heavy atom. The quantitative estimate of drug-likeness (QED) is 0.191. The fraction of sp³-hybridized carbons (Fsp3) is 0.0811. The summed E-state index contributed by atoms with van der Waals surface area (Å²) in [5.41, 5.74) is 5.38. The molecule has 4 aromatic carbocycles. The van der Waals surface area contributed by atoms with Crippen molar-refractivity contribution in [1.82, 2.24) is 14.9 Å². The second kappa shape index (κ2) is 12.6. The van der Waals surface area contributed by atoms with Crippen LogP contribution in [0.5, 0.6) is 5.75 Å². The first-order chi connectivity index (χ1) is 21.5. The fourth-order valence-electron chi connectivity index (χ4n) is 5.33. The number of benzene rings is 4. The number of aromatic nitrogens is 2. The Bertz CT molecular complexity index is 1910. The molecule has 0 unspecified atom stereocenters. The Morgan fingerprint density at radius 1 is 0.659 bits per heavy atom. The normalized spacial score (nSPS) is 11.6. The second-order valence-corrected chi connectivity index (χ2v) is 10.6. The Morgan fingerprint density at radius 2 is 1.20 bits per heavy atom. The molecule has 2 N–H and O–H groups in total. The van der Waals surface area contributed by atoms with E-state index in [1.165, 1.54) is 11.0 Å². The minimum Gasteiger partial charge on any atom is -0.507 e. The molecule has 7 nitrogen and oxygen atoms in total. The molecule has 7 heteroatoms.